The van der Waals surface area contributed by atoms with Gasteiger partial charge < -0.3 is 15.6 Å². The molecular weight excluding hydrogens is 254 g/mol. The van der Waals surface area contributed by atoms with Crippen molar-refractivity contribution in [1.29, 1.82) is 0 Å². The van der Waals surface area contributed by atoms with Crippen molar-refractivity contribution in [1.82, 2.24) is 0 Å². The number of benzene rings is 1. The van der Waals surface area contributed by atoms with Gasteiger partial charge in [0.15, 0.2) is 0 Å². The van der Waals surface area contributed by atoms with Crippen molar-refractivity contribution in [2.45, 2.75) is 25.3 Å². The zero-order valence-corrected chi connectivity index (χ0v) is 10.7. The van der Waals surface area contributed by atoms with E-state index in [2.05, 4.69) is 0 Å². The molecule has 18 heavy (non-hydrogen) atoms. The van der Waals surface area contributed by atoms with Gasteiger partial charge >= 0.3 is 5.97 Å². The van der Waals surface area contributed by atoms with E-state index in [0.29, 0.717) is 28.9 Å². The van der Waals surface area contributed by atoms with Crippen molar-refractivity contribution in [3.8, 4) is 5.75 Å². The van der Waals surface area contributed by atoms with Crippen molar-refractivity contribution in [3.63, 3.8) is 0 Å². The lowest BCUT2D eigenvalue weighted by molar-refractivity contribution is -0.137. The first-order valence-electron chi connectivity index (χ1n) is 5.96. The minimum atomic E-state index is -0.942. The molecule has 4 nitrogen and oxygen atoms in total. The molecule has 0 heterocycles. The third-order valence-electron chi connectivity index (χ3n) is 2.96. The lowest BCUT2D eigenvalue weighted by atomic mass is 10.0. The fraction of sp³-hybridized carbons (Fsp3) is 0.462. The van der Waals surface area contributed by atoms with Gasteiger partial charge in [0.1, 0.15) is 5.75 Å². The van der Waals surface area contributed by atoms with Gasteiger partial charge in [-0.15, -0.1) is 0 Å². The summed E-state index contributed by atoms with van der Waals surface area (Å²) in [6.45, 7) is 0.664. The van der Waals surface area contributed by atoms with Crippen LogP contribution in [0.2, 0.25) is 5.02 Å². The molecule has 0 aliphatic heterocycles. The Bertz CT molecular complexity index is 446. The zero-order chi connectivity index (χ0) is 13.1. The molecule has 1 aromatic rings. The second kappa shape index (κ2) is 5.59. The van der Waals surface area contributed by atoms with Crippen LogP contribution in [-0.2, 0) is 4.79 Å². The maximum atomic E-state index is 10.6. The van der Waals surface area contributed by atoms with E-state index >= 15 is 0 Å². The molecule has 0 radical (unpaired) electrons. The van der Waals surface area contributed by atoms with Crippen molar-refractivity contribution in [2.24, 2.45) is 11.7 Å². The molecule has 1 unspecified atom stereocenters. The first-order valence-corrected chi connectivity index (χ1v) is 6.34. The summed E-state index contributed by atoms with van der Waals surface area (Å²) in [5, 5.41) is 9.16. The molecule has 0 bridgehead atoms. The molecule has 3 N–H and O–H groups in total. The molecule has 1 atom stereocenters. The predicted molar refractivity (Wildman–Crippen MR) is 68.9 cm³/mol. The summed E-state index contributed by atoms with van der Waals surface area (Å²) >= 11 is 6.19. The SMILES string of the molecule is NC(CC(=O)O)c1cccc(OCC2CC2)c1Cl. The molecule has 98 valence electrons. The Morgan fingerprint density at radius 1 is 1.56 bits per heavy atom. The maximum absolute atomic E-state index is 10.6. The Morgan fingerprint density at radius 3 is 2.89 bits per heavy atom. The monoisotopic (exact) mass is 269 g/mol. The smallest absolute Gasteiger partial charge is 0.305 e. The van der Waals surface area contributed by atoms with Crippen LogP contribution in [0.5, 0.6) is 5.75 Å². The molecule has 1 aromatic carbocycles. The van der Waals surface area contributed by atoms with Gasteiger partial charge in [0.2, 0.25) is 0 Å². The number of carbonyl (C=O) groups is 1. The van der Waals surface area contributed by atoms with Crippen LogP contribution in [0.3, 0.4) is 0 Å². The van der Waals surface area contributed by atoms with Gasteiger partial charge in [-0.1, -0.05) is 23.7 Å². The average Bonchev–Trinajstić information content (AvgIpc) is 3.10. The molecule has 0 amide bonds. The van der Waals surface area contributed by atoms with E-state index in [1.165, 1.54) is 12.8 Å². The summed E-state index contributed by atoms with van der Waals surface area (Å²) in [6, 6.07) is 4.69. The first-order chi connectivity index (χ1) is 8.58. The maximum Gasteiger partial charge on any atom is 0.305 e. The van der Waals surface area contributed by atoms with E-state index < -0.39 is 12.0 Å². The quantitative estimate of drug-likeness (QED) is 0.833. The fourth-order valence-corrected chi connectivity index (χ4v) is 2.04. The standard InChI is InChI=1S/C13H16ClNO3/c14-13-9(10(15)6-12(16)17)2-1-3-11(13)18-7-8-4-5-8/h1-3,8,10H,4-7,15H2,(H,16,17). The second-order valence-corrected chi connectivity index (χ2v) is 5.00. The summed E-state index contributed by atoms with van der Waals surface area (Å²) in [7, 11) is 0. The second-order valence-electron chi connectivity index (χ2n) is 4.62. The zero-order valence-electron chi connectivity index (χ0n) is 9.93. The topological polar surface area (TPSA) is 72.6 Å². The molecule has 1 aliphatic rings. The van der Waals surface area contributed by atoms with Crippen molar-refractivity contribution < 1.29 is 14.6 Å². The van der Waals surface area contributed by atoms with E-state index in [-0.39, 0.29) is 6.42 Å². The van der Waals surface area contributed by atoms with Crippen molar-refractivity contribution in [2.75, 3.05) is 6.61 Å². The largest absolute Gasteiger partial charge is 0.492 e. The number of hydrogen-bond donors (Lipinski definition) is 2. The Labute approximate surface area is 111 Å². The Kier molecular flexibility index (Phi) is 4.09. The summed E-state index contributed by atoms with van der Waals surface area (Å²) in [5.41, 5.74) is 6.43. The highest BCUT2D eigenvalue weighted by molar-refractivity contribution is 6.32. The summed E-state index contributed by atoms with van der Waals surface area (Å²) < 4.78 is 5.62. The lowest BCUT2D eigenvalue weighted by Crippen LogP contribution is -2.15. The van der Waals surface area contributed by atoms with Crippen molar-refractivity contribution in [3.05, 3.63) is 28.8 Å². The lowest BCUT2D eigenvalue weighted by Gasteiger charge is -2.14. The number of hydrogen-bond acceptors (Lipinski definition) is 3. The van der Waals surface area contributed by atoms with Crippen LogP contribution < -0.4 is 10.5 Å². The number of carboxylic acids is 1. The number of carboxylic acid groups (broad SMARTS) is 1. The first kappa shape index (κ1) is 13.2. The van der Waals surface area contributed by atoms with Crippen LogP contribution in [0.1, 0.15) is 30.9 Å². The van der Waals surface area contributed by atoms with E-state index in [4.69, 9.17) is 27.2 Å². The molecular formula is C13H16ClNO3. The summed E-state index contributed by atoms with van der Waals surface area (Å²) in [6.07, 6.45) is 2.26. The van der Waals surface area contributed by atoms with Crippen LogP contribution >= 0.6 is 11.6 Å². The highest BCUT2D eigenvalue weighted by Gasteiger charge is 2.23. The molecule has 2 rings (SSSR count). The average molecular weight is 270 g/mol. The van der Waals surface area contributed by atoms with Gasteiger partial charge in [-0.05, 0) is 30.4 Å². The summed E-state index contributed by atoms with van der Waals surface area (Å²) in [4.78, 5) is 10.6. The van der Waals surface area contributed by atoms with Gasteiger partial charge in [0.05, 0.1) is 18.1 Å². The molecule has 5 heteroatoms. The van der Waals surface area contributed by atoms with Crippen LogP contribution in [-0.4, -0.2) is 17.7 Å². The highest BCUT2D eigenvalue weighted by atomic mass is 35.5. The van der Waals surface area contributed by atoms with Gasteiger partial charge in [-0.2, -0.15) is 0 Å². The number of halogens is 1. The van der Waals surface area contributed by atoms with Crippen LogP contribution in [0.15, 0.2) is 18.2 Å². The number of rotatable bonds is 6. The Morgan fingerprint density at radius 2 is 2.28 bits per heavy atom. The van der Waals surface area contributed by atoms with Crippen molar-refractivity contribution >= 4 is 17.6 Å². The number of ether oxygens (including phenoxy) is 1. The van der Waals surface area contributed by atoms with E-state index in [1.807, 2.05) is 0 Å². The minimum absolute atomic E-state index is 0.147. The van der Waals surface area contributed by atoms with Gasteiger partial charge in [-0.3, -0.25) is 4.79 Å². The molecule has 1 saturated carbocycles. The number of aliphatic carboxylic acids is 1. The van der Waals surface area contributed by atoms with Gasteiger partial charge in [0.25, 0.3) is 0 Å². The van der Waals surface area contributed by atoms with E-state index in [1.54, 1.807) is 18.2 Å². The minimum Gasteiger partial charge on any atom is -0.492 e. The Hall–Kier alpha value is -1.26. The molecule has 1 aliphatic carbocycles. The van der Waals surface area contributed by atoms with E-state index in [9.17, 15) is 4.79 Å². The van der Waals surface area contributed by atoms with Gasteiger partial charge in [0, 0.05) is 6.04 Å². The molecule has 0 aromatic heterocycles. The third-order valence-corrected chi connectivity index (χ3v) is 3.36. The van der Waals surface area contributed by atoms with Gasteiger partial charge in [-0.25, -0.2) is 0 Å². The van der Waals surface area contributed by atoms with Crippen LogP contribution in [0.25, 0.3) is 0 Å². The van der Waals surface area contributed by atoms with E-state index in [0.717, 1.165) is 0 Å². The normalized spacial score (nSPS) is 16.3. The molecule has 1 fully saturated rings. The summed E-state index contributed by atoms with van der Waals surface area (Å²) in [5.74, 6) is 0.280. The third kappa shape index (κ3) is 3.37. The fourth-order valence-electron chi connectivity index (χ4n) is 1.72. The number of nitrogens with two attached hydrogens (primary N) is 1. The predicted octanol–water partition coefficient (Wildman–Crippen LogP) is 2.60. The Balaban J connectivity index is 2.09. The molecule has 0 spiro atoms. The molecule has 0 saturated heterocycles. The highest BCUT2D eigenvalue weighted by Crippen LogP contribution is 2.35. The van der Waals surface area contributed by atoms with Crippen LogP contribution in [0.4, 0.5) is 0 Å². The van der Waals surface area contributed by atoms with Crippen LogP contribution in [0, 0.1) is 5.92 Å².